The van der Waals surface area contributed by atoms with Crippen LogP contribution >= 0.6 is 0 Å². The third kappa shape index (κ3) is 2.80. The maximum atomic E-state index is 12.1. The smallest absolute Gasteiger partial charge is 0.0994 e. The molecule has 0 aliphatic carbocycles. The highest BCUT2D eigenvalue weighted by Gasteiger charge is 2.07. The Balaban J connectivity index is 2.23. The van der Waals surface area contributed by atoms with E-state index >= 15 is 0 Å². The van der Waals surface area contributed by atoms with Crippen LogP contribution in [0.2, 0.25) is 0 Å². The zero-order valence-corrected chi connectivity index (χ0v) is 9.98. The Labute approximate surface area is 103 Å². The molecule has 3 heteroatoms. The van der Waals surface area contributed by atoms with Gasteiger partial charge in [-0.3, -0.25) is 4.21 Å². The second kappa shape index (κ2) is 5.42. The lowest BCUT2D eigenvalue weighted by molar-refractivity contribution is 0.682. The van der Waals surface area contributed by atoms with Crippen molar-refractivity contribution < 1.29 is 4.21 Å². The lowest BCUT2D eigenvalue weighted by Gasteiger charge is -2.04. The van der Waals surface area contributed by atoms with Gasteiger partial charge in [-0.15, -0.1) is 0 Å². The molecular weight excluding hydrogens is 230 g/mol. The van der Waals surface area contributed by atoms with Crippen molar-refractivity contribution in [1.29, 1.82) is 5.26 Å². The molecule has 2 aromatic rings. The number of hydrogen-bond donors (Lipinski definition) is 0. The molecule has 0 radical (unpaired) electrons. The monoisotopic (exact) mass is 241 g/mol. The highest BCUT2D eigenvalue weighted by Crippen LogP contribution is 2.14. The first kappa shape index (κ1) is 11.6. The molecular formula is C14H11NOS. The lowest BCUT2D eigenvalue weighted by Crippen LogP contribution is -1.98. The Morgan fingerprint density at radius 2 is 1.65 bits per heavy atom. The molecule has 1 atom stereocenters. The van der Waals surface area contributed by atoms with Gasteiger partial charge in [-0.25, -0.2) is 0 Å². The van der Waals surface area contributed by atoms with E-state index in [2.05, 4.69) is 6.07 Å². The van der Waals surface area contributed by atoms with Crippen LogP contribution in [0.1, 0.15) is 11.1 Å². The number of rotatable bonds is 3. The van der Waals surface area contributed by atoms with Gasteiger partial charge in [-0.1, -0.05) is 36.4 Å². The number of nitriles is 1. The Hall–Kier alpha value is -1.92. The predicted molar refractivity (Wildman–Crippen MR) is 67.7 cm³/mol. The van der Waals surface area contributed by atoms with Crippen molar-refractivity contribution in [3.8, 4) is 6.07 Å². The fraction of sp³-hybridized carbons (Fsp3) is 0.0714. The van der Waals surface area contributed by atoms with Gasteiger partial charge < -0.3 is 0 Å². The molecule has 0 amide bonds. The normalized spacial score (nSPS) is 11.7. The molecule has 2 rings (SSSR count). The van der Waals surface area contributed by atoms with Gasteiger partial charge in [0.2, 0.25) is 0 Å². The van der Waals surface area contributed by atoms with E-state index in [1.54, 1.807) is 6.07 Å². The van der Waals surface area contributed by atoms with E-state index in [1.165, 1.54) is 0 Å². The highest BCUT2D eigenvalue weighted by atomic mass is 32.2. The molecule has 2 aromatic carbocycles. The van der Waals surface area contributed by atoms with Gasteiger partial charge in [0, 0.05) is 4.90 Å². The van der Waals surface area contributed by atoms with Crippen LogP contribution in [-0.2, 0) is 16.6 Å². The molecule has 0 spiro atoms. The van der Waals surface area contributed by atoms with Gasteiger partial charge >= 0.3 is 0 Å². The van der Waals surface area contributed by atoms with Gasteiger partial charge in [0.15, 0.2) is 0 Å². The summed E-state index contributed by atoms with van der Waals surface area (Å²) in [6.07, 6.45) is 0. The maximum absolute atomic E-state index is 12.1. The average molecular weight is 241 g/mol. The first-order chi connectivity index (χ1) is 8.31. The van der Waals surface area contributed by atoms with Gasteiger partial charge in [-0.2, -0.15) is 5.26 Å². The molecule has 0 saturated carbocycles. The van der Waals surface area contributed by atoms with Gasteiger partial charge in [0.1, 0.15) is 0 Å². The quantitative estimate of drug-likeness (QED) is 0.829. The molecule has 0 aromatic heterocycles. The lowest BCUT2D eigenvalue weighted by atomic mass is 10.1. The summed E-state index contributed by atoms with van der Waals surface area (Å²) >= 11 is 0. The van der Waals surface area contributed by atoms with E-state index in [9.17, 15) is 4.21 Å². The summed E-state index contributed by atoms with van der Waals surface area (Å²) in [6.45, 7) is 0. The van der Waals surface area contributed by atoms with Crippen molar-refractivity contribution in [3.63, 3.8) is 0 Å². The summed E-state index contributed by atoms with van der Waals surface area (Å²) in [6, 6.07) is 18.7. The van der Waals surface area contributed by atoms with E-state index in [1.807, 2.05) is 48.5 Å². The van der Waals surface area contributed by atoms with Crippen molar-refractivity contribution in [2.24, 2.45) is 0 Å². The Bertz CT molecular complexity index is 572. The maximum Gasteiger partial charge on any atom is 0.0994 e. The number of benzene rings is 2. The minimum Gasteiger partial charge on any atom is -0.254 e. The van der Waals surface area contributed by atoms with Gasteiger partial charge in [0.25, 0.3) is 0 Å². The molecule has 0 heterocycles. The van der Waals surface area contributed by atoms with Crippen LogP contribution in [0.25, 0.3) is 0 Å². The van der Waals surface area contributed by atoms with E-state index < -0.39 is 10.8 Å². The fourth-order valence-electron chi connectivity index (χ4n) is 1.55. The van der Waals surface area contributed by atoms with Crippen LogP contribution in [0.5, 0.6) is 0 Å². The van der Waals surface area contributed by atoms with Crippen molar-refractivity contribution in [2.45, 2.75) is 10.6 Å². The molecule has 0 bridgehead atoms. The van der Waals surface area contributed by atoms with Crippen LogP contribution in [0, 0.1) is 11.3 Å². The minimum absolute atomic E-state index is 0.383. The topological polar surface area (TPSA) is 40.9 Å². The van der Waals surface area contributed by atoms with E-state index in [4.69, 9.17) is 5.26 Å². The second-order valence-corrected chi connectivity index (χ2v) is 5.02. The molecule has 17 heavy (non-hydrogen) atoms. The summed E-state index contributed by atoms with van der Waals surface area (Å²) in [7, 11) is -1.10. The zero-order valence-electron chi connectivity index (χ0n) is 9.17. The Morgan fingerprint density at radius 3 is 2.35 bits per heavy atom. The van der Waals surface area contributed by atoms with Gasteiger partial charge in [0.05, 0.1) is 28.2 Å². The zero-order chi connectivity index (χ0) is 12.1. The van der Waals surface area contributed by atoms with Crippen molar-refractivity contribution >= 4 is 10.8 Å². The van der Waals surface area contributed by atoms with Crippen molar-refractivity contribution in [3.05, 3.63) is 65.7 Å². The standard InChI is InChI=1S/C14H11NOS/c15-10-12-6-4-5-7-13(12)11-17(16)14-8-2-1-3-9-14/h1-9H,11H2. The van der Waals surface area contributed by atoms with E-state index in [-0.39, 0.29) is 0 Å². The highest BCUT2D eigenvalue weighted by molar-refractivity contribution is 7.84. The van der Waals surface area contributed by atoms with Gasteiger partial charge in [-0.05, 0) is 23.8 Å². The molecule has 0 aliphatic rings. The summed E-state index contributed by atoms with van der Waals surface area (Å²) in [4.78, 5) is 0.792. The largest absolute Gasteiger partial charge is 0.254 e. The molecule has 84 valence electrons. The molecule has 0 aliphatic heterocycles. The summed E-state index contributed by atoms with van der Waals surface area (Å²) in [5.74, 6) is 0.383. The number of nitrogens with zero attached hydrogens (tertiary/aromatic N) is 1. The predicted octanol–water partition coefficient (Wildman–Crippen LogP) is 2.87. The molecule has 1 unspecified atom stereocenters. The van der Waals surface area contributed by atoms with Crippen molar-refractivity contribution in [1.82, 2.24) is 0 Å². The van der Waals surface area contributed by atoms with Crippen molar-refractivity contribution in [2.75, 3.05) is 0 Å². The Morgan fingerprint density at radius 1 is 1.00 bits per heavy atom. The first-order valence-electron chi connectivity index (χ1n) is 5.22. The van der Waals surface area contributed by atoms with Crippen LogP contribution in [-0.4, -0.2) is 4.21 Å². The third-order valence-electron chi connectivity index (χ3n) is 2.43. The second-order valence-electron chi connectivity index (χ2n) is 3.57. The van der Waals surface area contributed by atoms with Crippen LogP contribution in [0.4, 0.5) is 0 Å². The third-order valence-corrected chi connectivity index (χ3v) is 3.80. The summed E-state index contributed by atoms with van der Waals surface area (Å²) in [5.41, 5.74) is 1.42. The first-order valence-corrected chi connectivity index (χ1v) is 6.54. The minimum atomic E-state index is -1.10. The van der Waals surface area contributed by atoms with Crippen LogP contribution < -0.4 is 0 Å². The molecule has 0 saturated heterocycles. The summed E-state index contributed by atoms with van der Waals surface area (Å²) < 4.78 is 12.1. The SMILES string of the molecule is N#Cc1ccccc1CS(=O)c1ccccc1. The molecule has 0 fully saturated rings. The molecule has 0 N–H and O–H groups in total. The average Bonchev–Trinajstić information content (AvgIpc) is 2.40. The number of hydrogen-bond acceptors (Lipinski definition) is 2. The van der Waals surface area contributed by atoms with E-state index in [0.29, 0.717) is 11.3 Å². The van der Waals surface area contributed by atoms with Crippen LogP contribution in [0.15, 0.2) is 59.5 Å². The molecule has 2 nitrogen and oxygen atoms in total. The van der Waals surface area contributed by atoms with E-state index in [0.717, 1.165) is 10.5 Å². The fourth-order valence-corrected chi connectivity index (χ4v) is 2.71. The van der Waals surface area contributed by atoms with Crippen LogP contribution in [0.3, 0.4) is 0 Å². The Kier molecular flexibility index (Phi) is 3.69. The summed E-state index contributed by atoms with van der Waals surface area (Å²) in [5, 5.41) is 8.95.